The van der Waals surface area contributed by atoms with Crippen LogP contribution in [0.4, 0.5) is 4.39 Å². The Morgan fingerprint density at radius 1 is 1.12 bits per heavy atom. The quantitative estimate of drug-likeness (QED) is 0.721. The summed E-state index contributed by atoms with van der Waals surface area (Å²) in [7, 11) is 0. The number of aryl methyl sites for hydroxylation is 1. The largest absolute Gasteiger partial charge is 0.288 e. The van der Waals surface area contributed by atoms with Crippen molar-refractivity contribution in [1.29, 1.82) is 0 Å². The molecular weight excluding hydrogens is 205 g/mol. The van der Waals surface area contributed by atoms with Gasteiger partial charge in [-0.05, 0) is 31.2 Å². The minimum absolute atomic E-state index is 0.0820. The smallest absolute Gasteiger partial charge is 0.197 e. The maximum Gasteiger partial charge on any atom is 0.197 e. The fourth-order valence-corrected chi connectivity index (χ4v) is 1.51. The molecule has 0 aliphatic carbocycles. The predicted molar refractivity (Wildman–Crippen MR) is 58.8 cm³/mol. The molecule has 2 nitrogen and oxygen atoms in total. The molecular formula is C13H10FNO. The Kier molecular flexibility index (Phi) is 2.77. The third kappa shape index (κ3) is 1.84. The molecule has 1 aromatic heterocycles. The second-order valence-corrected chi connectivity index (χ2v) is 3.45. The molecule has 1 aromatic carbocycles. The summed E-state index contributed by atoms with van der Waals surface area (Å²) < 4.78 is 13.4. The van der Waals surface area contributed by atoms with E-state index in [0.29, 0.717) is 11.3 Å². The normalized spacial score (nSPS) is 10.1. The van der Waals surface area contributed by atoms with Gasteiger partial charge in [0.05, 0.1) is 5.56 Å². The number of rotatable bonds is 2. The average molecular weight is 215 g/mol. The van der Waals surface area contributed by atoms with E-state index < -0.39 is 5.82 Å². The van der Waals surface area contributed by atoms with Crippen LogP contribution in [0.5, 0.6) is 0 Å². The van der Waals surface area contributed by atoms with Gasteiger partial charge >= 0.3 is 0 Å². The molecule has 2 aromatic rings. The Balaban J connectivity index is 2.48. The second-order valence-electron chi connectivity index (χ2n) is 3.45. The van der Waals surface area contributed by atoms with Crippen molar-refractivity contribution in [3.63, 3.8) is 0 Å². The van der Waals surface area contributed by atoms with Crippen molar-refractivity contribution in [2.75, 3.05) is 0 Å². The van der Waals surface area contributed by atoms with Crippen LogP contribution in [-0.2, 0) is 0 Å². The summed E-state index contributed by atoms with van der Waals surface area (Å²) in [6.07, 6.45) is 1.60. The number of carbonyl (C=O) groups excluding carboxylic acids is 1. The van der Waals surface area contributed by atoms with Gasteiger partial charge in [-0.1, -0.05) is 12.1 Å². The Morgan fingerprint density at radius 2 is 1.81 bits per heavy atom. The van der Waals surface area contributed by atoms with E-state index in [1.165, 1.54) is 12.1 Å². The molecule has 0 saturated carbocycles. The number of carbonyl (C=O) groups is 1. The number of pyridine rings is 1. The molecule has 2 rings (SSSR count). The maximum atomic E-state index is 13.4. The molecule has 80 valence electrons. The standard InChI is InChI=1S/C13H10FNO/c1-9-10(6-4-8-15-9)13(16)11-5-2-3-7-12(11)14/h2-8H,1H3. The first-order valence-corrected chi connectivity index (χ1v) is 4.91. The van der Waals surface area contributed by atoms with Gasteiger partial charge in [-0.2, -0.15) is 0 Å². The van der Waals surface area contributed by atoms with E-state index in [2.05, 4.69) is 4.98 Å². The first-order chi connectivity index (χ1) is 7.70. The van der Waals surface area contributed by atoms with Gasteiger partial charge in [-0.15, -0.1) is 0 Å². The van der Waals surface area contributed by atoms with Crippen LogP contribution in [-0.4, -0.2) is 10.8 Å². The fraction of sp³-hybridized carbons (Fsp3) is 0.0769. The number of aromatic nitrogens is 1. The zero-order valence-electron chi connectivity index (χ0n) is 8.77. The van der Waals surface area contributed by atoms with E-state index in [1.54, 1.807) is 37.4 Å². The van der Waals surface area contributed by atoms with E-state index in [1.807, 2.05) is 0 Å². The lowest BCUT2D eigenvalue weighted by atomic mass is 10.0. The van der Waals surface area contributed by atoms with Crippen molar-refractivity contribution in [2.24, 2.45) is 0 Å². The molecule has 0 bridgehead atoms. The van der Waals surface area contributed by atoms with E-state index in [4.69, 9.17) is 0 Å². The van der Waals surface area contributed by atoms with Crippen LogP contribution in [0.1, 0.15) is 21.6 Å². The predicted octanol–water partition coefficient (Wildman–Crippen LogP) is 2.76. The van der Waals surface area contributed by atoms with E-state index >= 15 is 0 Å². The highest BCUT2D eigenvalue weighted by atomic mass is 19.1. The fourth-order valence-electron chi connectivity index (χ4n) is 1.51. The highest BCUT2D eigenvalue weighted by molar-refractivity contribution is 6.09. The van der Waals surface area contributed by atoms with Crippen molar-refractivity contribution in [2.45, 2.75) is 6.92 Å². The SMILES string of the molecule is Cc1ncccc1C(=O)c1ccccc1F. The van der Waals surface area contributed by atoms with Crippen molar-refractivity contribution in [3.8, 4) is 0 Å². The minimum Gasteiger partial charge on any atom is -0.288 e. The van der Waals surface area contributed by atoms with Gasteiger partial charge in [0.1, 0.15) is 5.82 Å². The monoisotopic (exact) mass is 215 g/mol. The van der Waals surface area contributed by atoms with Gasteiger partial charge in [0.2, 0.25) is 0 Å². The van der Waals surface area contributed by atoms with Crippen LogP contribution < -0.4 is 0 Å². The lowest BCUT2D eigenvalue weighted by molar-refractivity contribution is 0.103. The van der Waals surface area contributed by atoms with Gasteiger partial charge in [-0.25, -0.2) is 4.39 Å². The third-order valence-corrected chi connectivity index (χ3v) is 2.37. The zero-order chi connectivity index (χ0) is 11.5. The summed E-state index contributed by atoms with van der Waals surface area (Å²) in [4.78, 5) is 16.0. The summed E-state index contributed by atoms with van der Waals surface area (Å²) in [5.41, 5.74) is 1.13. The molecule has 0 atom stereocenters. The number of benzene rings is 1. The van der Waals surface area contributed by atoms with E-state index in [-0.39, 0.29) is 11.3 Å². The summed E-state index contributed by atoms with van der Waals surface area (Å²) in [6.45, 7) is 1.73. The average Bonchev–Trinajstić information content (AvgIpc) is 2.29. The molecule has 0 N–H and O–H groups in total. The van der Waals surface area contributed by atoms with Crippen molar-refractivity contribution in [3.05, 3.63) is 65.2 Å². The molecule has 0 radical (unpaired) electrons. The van der Waals surface area contributed by atoms with Crippen LogP contribution in [0.2, 0.25) is 0 Å². The van der Waals surface area contributed by atoms with Crippen LogP contribution in [0.25, 0.3) is 0 Å². The summed E-state index contributed by atoms with van der Waals surface area (Å²) in [5.74, 6) is -0.834. The third-order valence-electron chi connectivity index (χ3n) is 2.37. The van der Waals surface area contributed by atoms with Crippen LogP contribution >= 0.6 is 0 Å². The summed E-state index contributed by atoms with van der Waals surface area (Å²) in [6, 6.07) is 9.27. The van der Waals surface area contributed by atoms with Gasteiger partial charge in [0.25, 0.3) is 0 Å². The Bertz CT molecular complexity index is 489. The van der Waals surface area contributed by atoms with Crippen LogP contribution in [0, 0.1) is 12.7 Å². The van der Waals surface area contributed by atoms with E-state index in [0.717, 1.165) is 0 Å². The molecule has 0 spiro atoms. The molecule has 3 heteroatoms. The van der Waals surface area contributed by atoms with Crippen LogP contribution in [0.15, 0.2) is 42.6 Å². The highest BCUT2D eigenvalue weighted by Gasteiger charge is 2.15. The number of nitrogens with zero attached hydrogens (tertiary/aromatic N) is 1. The van der Waals surface area contributed by atoms with Crippen molar-refractivity contribution in [1.82, 2.24) is 4.98 Å². The first kappa shape index (κ1) is 10.5. The number of hydrogen-bond acceptors (Lipinski definition) is 2. The first-order valence-electron chi connectivity index (χ1n) is 4.91. The number of hydrogen-bond donors (Lipinski definition) is 0. The lowest BCUT2D eigenvalue weighted by Crippen LogP contribution is -2.06. The molecule has 0 saturated heterocycles. The molecule has 0 aliphatic rings. The zero-order valence-corrected chi connectivity index (χ0v) is 8.77. The van der Waals surface area contributed by atoms with Crippen LogP contribution in [0.3, 0.4) is 0 Å². The van der Waals surface area contributed by atoms with E-state index in [9.17, 15) is 9.18 Å². The Morgan fingerprint density at radius 3 is 2.50 bits per heavy atom. The second kappa shape index (κ2) is 4.23. The van der Waals surface area contributed by atoms with Crippen molar-refractivity contribution >= 4 is 5.78 Å². The molecule has 1 heterocycles. The Hall–Kier alpha value is -2.03. The highest BCUT2D eigenvalue weighted by Crippen LogP contribution is 2.14. The van der Waals surface area contributed by atoms with Gasteiger partial charge in [0.15, 0.2) is 5.78 Å². The minimum atomic E-state index is -0.504. The van der Waals surface area contributed by atoms with Gasteiger partial charge in [-0.3, -0.25) is 9.78 Å². The topological polar surface area (TPSA) is 30.0 Å². The van der Waals surface area contributed by atoms with Crippen molar-refractivity contribution < 1.29 is 9.18 Å². The summed E-state index contributed by atoms with van der Waals surface area (Å²) >= 11 is 0. The molecule has 0 unspecified atom stereocenters. The molecule has 0 aliphatic heterocycles. The van der Waals surface area contributed by atoms with Gasteiger partial charge in [0, 0.05) is 17.5 Å². The maximum absolute atomic E-state index is 13.4. The molecule has 16 heavy (non-hydrogen) atoms. The Labute approximate surface area is 92.8 Å². The van der Waals surface area contributed by atoms with Gasteiger partial charge < -0.3 is 0 Å². The molecule has 0 amide bonds. The number of ketones is 1. The number of halogens is 1. The molecule has 0 fully saturated rings. The summed E-state index contributed by atoms with van der Waals surface area (Å²) in [5, 5.41) is 0. The lowest BCUT2D eigenvalue weighted by Gasteiger charge is -2.04.